The largest absolute Gasteiger partial charge is 0.489 e. The van der Waals surface area contributed by atoms with Crippen LogP contribution in [0, 0.1) is 11.6 Å². The molecule has 0 spiro atoms. The number of hydrogen-bond acceptors (Lipinski definition) is 4. The minimum Gasteiger partial charge on any atom is -0.489 e. The molecule has 0 aromatic heterocycles. The number of ether oxygens (including phenoxy) is 3. The maximum Gasteiger partial charge on any atom is 0.191 e. The lowest BCUT2D eigenvalue weighted by atomic mass is 10.1. The molecule has 1 atom stereocenters. The number of fused-ring (bicyclic) bond motifs is 1. The van der Waals surface area contributed by atoms with Crippen molar-refractivity contribution in [3.05, 3.63) is 59.2 Å². The van der Waals surface area contributed by atoms with Crippen LogP contribution in [-0.2, 0) is 17.8 Å². The summed E-state index contributed by atoms with van der Waals surface area (Å²) in [4.78, 5) is 4.21. The Morgan fingerprint density at radius 3 is 2.83 bits per heavy atom. The van der Waals surface area contributed by atoms with Gasteiger partial charge in [0.05, 0.1) is 13.2 Å². The highest BCUT2D eigenvalue weighted by Gasteiger charge is 2.17. The predicted octanol–water partition coefficient (Wildman–Crippen LogP) is 3.40. The second kappa shape index (κ2) is 10.8. The summed E-state index contributed by atoms with van der Waals surface area (Å²) < 4.78 is 43.8. The Labute approximate surface area is 175 Å². The zero-order chi connectivity index (χ0) is 21.3. The van der Waals surface area contributed by atoms with Crippen LogP contribution in [0.25, 0.3) is 0 Å². The van der Waals surface area contributed by atoms with Gasteiger partial charge in [-0.1, -0.05) is 13.0 Å². The number of aliphatic imine (C=N–C) groups is 1. The van der Waals surface area contributed by atoms with Crippen molar-refractivity contribution in [3.63, 3.8) is 0 Å². The van der Waals surface area contributed by atoms with E-state index in [0.717, 1.165) is 17.5 Å². The molecule has 1 heterocycles. The first-order valence-corrected chi connectivity index (χ1v) is 9.97. The van der Waals surface area contributed by atoms with Crippen molar-refractivity contribution in [2.75, 3.05) is 26.9 Å². The van der Waals surface area contributed by atoms with Gasteiger partial charge in [0, 0.05) is 25.2 Å². The molecular weight excluding hydrogens is 392 g/mol. The van der Waals surface area contributed by atoms with Gasteiger partial charge in [-0.2, -0.15) is 0 Å². The van der Waals surface area contributed by atoms with Crippen molar-refractivity contribution < 1.29 is 23.0 Å². The Kier molecular flexibility index (Phi) is 7.84. The summed E-state index contributed by atoms with van der Waals surface area (Å²) in [7, 11) is 1.67. The summed E-state index contributed by atoms with van der Waals surface area (Å²) in [5.74, 6) is 1.16. The van der Waals surface area contributed by atoms with Crippen LogP contribution in [0.2, 0.25) is 0 Å². The second-order valence-corrected chi connectivity index (χ2v) is 6.90. The lowest BCUT2D eigenvalue weighted by Gasteiger charge is -2.22. The first-order valence-electron chi connectivity index (χ1n) is 9.97. The molecule has 0 radical (unpaired) electrons. The summed E-state index contributed by atoms with van der Waals surface area (Å²) in [6.45, 7) is 3.56. The van der Waals surface area contributed by atoms with Crippen LogP contribution in [0.5, 0.6) is 11.5 Å². The van der Waals surface area contributed by atoms with Crippen LogP contribution in [0.3, 0.4) is 0 Å². The Balaban J connectivity index is 1.49. The lowest BCUT2D eigenvalue weighted by Crippen LogP contribution is -2.43. The Hall–Kier alpha value is -2.87. The molecule has 6 nitrogen and oxygen atoms in total. The number of nitrogens with one attached hydrogen (secondary N) is 2. The van der Waals surface area contributed by atoms with E-state index in [9.17, 15) is 8.78 Å². The van der Waals surface area contributed by atoms with Gasteiger partial charge in [-0.3, -0.25) is 4.99 Å². The minimum atomic E-state index is -0.331. The molecule has 0 aliphatic carbocycles. The molecular formula is C22H27F2N3O3. The molecule has 30 heavy (non-hydrogen) atoms. The number of halogens is 2. The normalized spacial score (nSPS) is 14.5. The van der Waals surface area contributed by atoms with Crippen LogP contribution in [0.1, 0.15) is 24.5 Å². The van der Waals surface area contributed by atoms with E-state index in [1.54, 1.807) is 19.2 Å². The van der Waals surface area contributed by atoms with Crippen molar-refractivity contribution in [1.82, 2.24) is 10.6 Å². The van der Waals surface area contributed by atoms with Gasteiger partial charge in [-0.15, -0.1) is 0 Å². The first-order chi connectivity index (χ1) is 14.6. The zero-order valence-corrected chi connectivity index (χ0v) is 17.2. The van der Waals surface area contributed by atoms with Gasteiger partial charge in [0.2, 0.25) is 0 Å². The number of hydrogen-bond donors (Lipinski definition) is 2. The van der Waals surface area contributed by atoms with Crippen LogP contribution in [0.4, 0.5) is 8.78 Å². The summed E-state index contributed by atoms with van der Waals surface area (Å²) in [6, 6.07) is 9.02. The molecule has 0 saturated carbocycles. The Morgan fingerprint density at radius 1 is 1.20 bits per heavy atom. The average molecular weight is 419 g/mol. The van der Waals surface area contributed by atoms with Crippen LogP contribution in [0.15, 0.2) is 41.4 Å². The van der Waals surface area contributed by atoms with Gasteiger partial charge in [-0.25, -0.2) is 8.78 Å². The van der Waals surface area contributed by atoms with Crippen molar-refractivity contribution >= 4 is 5.96 Å². The monoisotopic (exact) mass is 419 g/mol. The lowest BCUT2D eigenvalue weighted by molar-refractivity contribution is -0.0172. The summed E-state index contributed by atoms with van der Waals surface area (Å²) in [5, 5.41) is 6.42. The van der Waals surface area contributed by atoms with Crippen molar-refractivity contribution in [1.29, 1.82) is 0 Å². The molecule has 2 aromatic carbocycles. The fraction of sp³-hybridized carbons (Fsp3) is 0.409. The molecule has 2 aromatic rings. The van der Waals surface area contributed by atoms with Gasteiger partial charge in [-0.05, 0) is 42.7 Å². The van der Waals surface area contributed by atoms with Crippen LogP contribution >= 0.6 is 0 Å². The van der Waals surface area contributed by atoms with E-state index in [4.69, 9.17) is 14.2 Å². The molecule has 0 saturated heterocycles. The molecule has 1 aliphatic heterocycles. The molecule has 162 valence electrons. The van der Waals surface area contributed by atoms with Crippen LogP contribution in [-0.4, -0.2) is 39.0 Å². The summed E-state index contributed by atoms with van der Waals surface area (Å²) >= 11 is 0. The van der Waals surface area contributed by atoms with Crippen LogP contribution < -0.4 is 20.1 Å². The maximum atomic E-state index is 13.9. The second-order valence-electron chi connectivity index (χ2n) is 6.90. The molecule has 2 N–H and O–H groups in total. The van der Waals surface area contributed by atoms with E-state index in [-0.39, 0.29) is 24.5 Å². The number of benzene rings is 2. The topological polar surface area (TPSA) is 64.1 Å². The van der Waals surface area contributed by atoms with E-state index in [0.29, 0.717) is 43.6 Å². The highest BCUT2D eigenvalue weighted by atomic mass is 19.1. The molecule has 8 heteroatoms. The smallest absolute Gasteiger partial charge is 0.191 e. The fourth-order valence-corrected chi connectivity index (χ4v) is 3.19. The zero-order valence-electron chi connectivity index (χ0n) is 17.2. The highest BCUT2D eigenvalue weighted by Crippen LogP contribution is 2.29. The third-order valence-electron chi connectivity index (χ3n) is 4.71. The first kappa shape index (κ1) is 21.8. The van der Waals surface area contributed by atoms with Crippen molar-refractivity contribution in [3.8, 4) is 11.5 Å². The van der Waals surface area contributed by atoms with Gasteiger partial charge in [0.15, 0.2) is 12.8 Å². The van der Waals surface area contributed by atoms with Gasteiger partial charge >= 0.3 is 0 Å². The van der Waals surface area contributed by atoms with E-state index in [1.165, 1.54) is 24.3 Å². The summed E-state index contributed by atoms with van der Waals surface area (Å²) in [5.41, 5.74) is 1.51. The van der Waals surface area contributed by atoms with Gasteiger partial charge in [0.1, 0.15) is 29.2 Å². The maximum absolute atomic E-state index is 13.9. The molecule has 0 bridgehead atoms. The van der Waals surface area contributed by atoms with E-state index < -0.39 is 0 Å². The third kappa shape index (κ3) is 6.06. The molecule has 1 unspecified atom stereocenters. The van der Waals surface area contributed by atoms with E-state index in [1.807, 2.05) is 6.92 Å². The highest BCUT2D eigenvalue weighted by molar-refractivity contribution is 5.79. The van der Waals surface area contributed by atoms with E-state index >= 15 is 0 Å². The number of rotatable bonds is 8. The van der Waals surface area contributed by atoms with Crippen molar-refractivity contribution in [2.24, 2.45) is 4.99 Å². The fourth-order valence-electron chi connectivity index (χ4n) is 3.19. The van der Waals surface area contributed by atoms with Gasteiger partial charge < -0.3 is 24.8 Å². The predicted molar refractivity (Wildman–Crippen MR) is 111 cm³/mol. The quantitative estimate of drug-likeness (QED) is 0.507. The number of nitrogens with zero attached hydrogens (tertiary/aromatic N) is 1. The SMILES string of the molecule is CCC(CNC(=NC)NCCc1cc(F)cc2c1OCOC2)Oc1cccc(F)c1. The number of guanidine groups is 1. The summed E-state index contributed by atoms with van der Waals surface area (Å²) in [6.07, 6.45) is 1.17. The third-order valence-corrected chi connectivity index (χ3v) is 4.71. The Morgan fingerprint density at radius 2 is 2.07 bits per heavy atom. The molecule has 1 aliphatic rings. The molecule has 0 fully saturated rings. The molecule has 3 rings (SSSR count). The Bertz CT molecular complexity index is 877. The average Bonchev–Trinajstić information content (AvgIpc) is 2.74. The molecule has 0 amide bonds. The van der Waals surface area contributed by atoms with Crippen molar-refractivity contribution in [2.45, 2.75) is 32.5 Å². The van der Waals surface area contributed by atoms with E-state index in [2.05, 4.69) is 15.6 Å². The standard InChI is InChI=1S/C22H27F2N3O3/c1-3-19(30-20-6-4-5-17(23)11-20)12-27-22(25-2)26-8-7-15-9-18(24)10-16-13-28-14-29-21(15)16/h4-6,9-11,19H,3,7-8,12-14H2,1-2H3,(H2,25,26,27). The van der Waals surface area contributed by atoms with Gasteiger partial charge in [0.25, 0.3) is 0 Å². The minimum absolute atomic E-state index is 0.144.